The summed E-state index contributed by atoms with van der Waals surface area (Å²) < 4.78 is 4.78. The molecule has 0 amide bonds. The third-order valence-corrected chi connectivity index (χ3v) is 3.34. The molecule has 3 rings (SSSR count). The molecule has 3 heteroatoms. The van der Waals surface area contributed by atoms with Crippen LogP contribution < -0.4 is 5.32 Å². The largest absolute Gasteiger partial charge is 0.433 e. The van der Waals surface area contributed by atoms with Crippen LogP contribution in [0.4, 0.5) is 5.69 Å². The van der Waals surface area contributed by atoms with Gasteiger partial charge < -0.3 is 10.1 Å². The van der Waals surface area contributed by atoms with Crippen LogP contribution in [0.5, 0.6) is 0 Å². The summed E-state index contributed by atoms with van der Waals surface area (Å²) in [6, 6.07) is 15.9. The van der Waals surface area contributed by atoms with Crippen molar-refractivity contribution in [1.29, 1.82) is 0 Å². The Morgan fingerprint density at radius 2 is 1.90 bits per heavy atom. The van der Waals surface area contributed by atoms with Crippen LogP contribution in [-0.2, 0) is 9.53 Å². The van der Waals surface area contributed by atoms with E-state index in [1.165, 1.54) is 17.4 Å². The van der Waals surface area contributed by atoms with E-state index >= 15 is 0 Å². The number of ether oxygens (including phenoxy) is 1. The molecule has 1 heterocycles. The van der Waals surface area contributed by atoms with Crippen molar-refractivity contribution in [3.8, 4) is 11.1 Å². The molecule has 1 atom stereocenters. The van der Waals surface area contributed by atoms with Crippen LogP contribution in [-0.4, -0.2) is 12.0 Å². The van der Waals surface area contributed by atoms with Crippen LogP contribution in [0.15, 0.2) is 60.9 Å². The smallest absolute Gasteiger partial charge is 0.337 e. The van der Waals surface area contributed by atoms with Gasteiger partial charge in [0.1, 0.15) is 6.04 Å². The van der Waals surface area contributed by atoms with Gasteiger partial charge in [-0.3, -0.25) is 0 Å². The van der Waals surface area contributed by atoms with Gasteiger partial charge in [-0.15, -0.1) is 0 Å². The van der Waals surface area contributed by atoms with Gasteiger partial charge in [0, 0.05) is 5.69 Å². The number of carbonyl (C=O) groups excluding carboxylic acids is 1. The maximum Gasteiger partial charge on any atom is 0.337 e. The predicted octanol–water partition coefficient (Wildman–Crippen LogP) is 3.51. The fourth-order valence-corrected chi connectivity index (χ4v) is 2.32. The van der Waals surface area contributed by atoms with Crippen LogP contribution in [0.1, 0.15) is 5.56 Å². The minimum absolute atomic E-state index is 0.269. The zero-order valence-corrected chi connectivity index (χ0v) is 11.2. The van der Waals surface area contributed by atoms with Crippen LogP contribution in [0.3, 0.4) is 0 Å². The SMILES string of the molecule is Cc1cc(NC2C=COC2=O)ccc1-c1ccccc1. The summed E-state index contributed by atoms with van der Waals surface area (Å²) in [5, 5.41) is 3.15. The molecule has 20 heavy (non-hydrogen) atoms. The molecular weight excluding hydrogens is 250 g/mol. The van der Waals surface area contributed by atoms with Gasteiger partial charge in [-0.2, -0.15) is 0 Å². The normalized spacial score (nSPS) is 17.1. The molecule has 1 unspecified atom stereocenters. The molecule has 0 aromatic heterocycles. The lowest BCUT2D eigenvalue weighted by Crippen LogP contribution is -2.24. The molecule has 2 aromatic rings. The van der Waals surface area contributed by atoms with Gasteiger partial charge in [0.15, 0.2) is 0 Å². The van der Waals surface area contributed by atoms with E-state index in [9.17, 15) is 4.79 Å². The topological polar surface area (TPSA) is 38.3 Å². The molecule has 1 N–H and O–H groups in total. The number of aryl methyl sites for hydroxylation is 1. The summed E-state index contributed by atoms with van der Waals surface area (Å²) in [6.45, 7) is 2.07. The lowest BCUT2D eigenvalue weighted by Gasteiger charge is -2.13. The number of rotatable bonds is 3. The Morgan fingerprint density at radius 3 is 2.55 bits per heavy atom. The van der Waals surface area contributed by atoms with Gasteiger partial charge in [-0.05, 0) is 41.8 Å². The van der Waals surface area contributed by atoms with Crippen molar-refractivity contribution in [3.63, 3.8) is 0 Å². The maximum atomic E-state index is 11.4. The molecule has 0 radical (unpaired) electrons. The Morgan fingerprint density at radius 1 is 1.10 bits per heavy atom. The van der Waals surface area contributed by atoms with Gasteiger partial charge in [0.25, 0.3) is 0 Å². The zero-order chi connectivity index (χ0) is 13.9. The van der Waals surface area contributed by atoms with E-state index in [1.807, 2.05) is 30.3 Å². The highest BCUT2D eigenvalue weighted by molar-refractivity contribution is 5.84. The van der Waals surface area contributed by atoms with Crippen molar-refractivity contribution >= 4 is 11.7 Å². The summed E-state index contributed by atoms with van der Waals surface area (Å²) in [5.41, 5.74) is 4.46. The maximum absolute atomic E-state index is 11.4. The highest BCUT2D eigenvalue weighted by Crippen LogP contribution is 2.26. The number of hydrogen-bond donors (Lipinski definition) is 1. The zero-order valence-electron chi connectivity index (χ0n) is 11.2. The van der Waals surface area contributed by atoms with Crippen molar-refractivity contribution in [3.05, 3.63) is 66.4 Å². The summed E-state index contributed by atoms with van der Waals surface area (Å²) in [6.07, 6.45) is 3.13. The van der Waals surface area contributed by atoms with Crippen LogP contribution >= 0.6 is 0 Å². The Bertz CT molecular complexity index is 662. The second-order valence-corrected chi connectivity index (χ2v) is 4.78. The fourth-order valence-electron chi connectivity index (χ4n) is 2.32. The number of anilines is 1. The Balaban J connectivity index is 1.84. The number of nitrogens with one attached hydrogen (secondary N) is 1. The Hall–Kier alpha value is -2.55. The number of cyclic esters (lactones) is 1. The lowest BCUT2D eigenvalue weighted by molar-refractivity contribution is -0.136. The molecule has 3 nitrogen and oxygen atoms in total. The molecule has 2 aromatic carbocycles. The van der Waals surface area contributed by atoms with Crippen LogP contribution in [0.2, 0.25) is 0 Å². The van der Waals surface area contributed by atoms with E-state index in [2.05, 4.69) is 30.4 Å². The summed E-state index contributed by atoms with van der Waals surface area (Å²) >= 11 is 0. The number of esters is 1. The third-order valence-electron chi connectivity index (χ3n) is 3.34. The number of benzene rings is 2. The van der Waals surface area contributed by atoms with E-state index < -0.39 is 6.04 Å². The van der Waals surface area contributed by atoms with Crippen LogP contribution in [0.25, 0.3) is 11.1 Å². The predicted molar refractivity (Wildman–Crippen MR) is 79.3 cm³/mol. The van der Waals surface area contributed by atoms with Crippen molar-refractivity contribution in [2.75, 3.05) is 5.32 Å². The van der Waals surface area contributed by atoms with Gasteiger partial charge >= 0.3 is 5.97 Å². The second-order valence-electron chi connectivity index (χ2n) is 4.78. The standard InChI is InChI=1S/C17H15NO2/c1-12-11-14(18-16-9-10-20-17(16)19)7-8-15(12)13-5-3-2-4-6-13/h2-11,16,18H,1H3. The molecule has 1 aliphatic rings. The van der Waals surface area contributed by atoms with Crippen molar-refractivity contribution < 1.29 is 9.53 Å². The minimum atomic E-state index is -0.392. The molecule has 100 valence electrons. The van der Waals surface area contributed by atoms with Crippen molar-refractivity contribution in [1.82, 2.24) is 0 Å². The van der Waals surface area contributed by atoms with E-state index in [1.54, 1.807) is 6.08 Å². The molecule has 0 spiro atoms. The quantitative estimate of drug-likeness (QED) is 0.863. The van der Waals surface area contributed by atoms with E-state index in [-0.39, 0.29) is 5.97 Å². The average Bonchev–Trinajstić information content (AvgIpc) is 2.85. The minimum Gasteiger partial charge on any atom is -0.433 e. The average molecular weight is 265 g/mol. The second kappa shape index (κ2) is 5.21. The Labute approximate surface area is 117 Å². The summed E-state index contributed by atoms with van der Waals surface area (Å²) in [5.74, 6) is -0.269. The first-order chi connectivity index (χ1) is 9.74. The first kappa shape index (κ1) is 12.5. The molecule has 0 bridgehead atoms. The number of hydrogen-bond acceptors (Lipinski definition) is 3. The Kier molecular flexibility index (Phi) is 3.25. The highest BCUT2D eigenvalue weighted by Gasteiger charge is 2.21. The fraction of sp³-hybridized carbons (Fsp3) is 0.118. The van der Waals surface area contributed by atoms with E-state index in [0.29, 0.717) is 0 Å². The van der Waals surface area contributed by atoms with E-state index in [0.717, 1.165) is 11.3 Å². The van der Waals surface area contributed by atoms with Gasteiger partial charge in [0.2, 0.25) is 0 Å². The molecule has 0 saturated heterocycles. The summed E-state index contributed by atoms with van der Waals surface area (Å²) in [4.78, 5) is 11.4. The third kappa shape index (κ3) is 2.43. The van der Waals surface area contributed by atoms with Crippen molar-refractivity contribution in [2.24, 2.45) is 0 Å². The molecule has 1 aliphatic heterocycles. The van der Waals surface area contributed by atoms with Gasteiger partial charge in [-0.1, -0.05) is 36.4 Å². The van der Waals surface area contributed by atoms with E-state index in [4.69, 9.17) is 4.74 Å². The monoisotopic (exact) mass is 265 g/mol. The first-order valence-corrected chi connectivity index (χ1v) is 6.54. The summed E-state index contributed by atoms with van der Waals surface area (Å²) in [7, 11) is 0. The highest BCUT2D eigenvalue weighted by atomic mass is 16.5. The first-order valence-electron chi connectivity index (χ1n) is 6.54. The molecule has 0 fully saturated rings. The molecule has 0 aliphatic carbocycles. The van der Waals surface area contributed by atoms with Crippen molar-refractivity contribution in [2.45, 2.75) is 13.0 Å². The van der Waals surface area contributed by atoms with Crippen LogP contribution in [0, 0.1) is 6.92 Å². The van der Waals surface area contributed by atoms with Gasteiger partial charge in [-0.25, -0.2) is 4.79 Å². The molecule has 0 saturated carbocycles. The lowest BCUT2D eigenvalue weighted by atomic mass is 10.00. The molecular formula is C17H15NO2. The van der Waals surface area contributed by atoms with Gasteiger partial charge in [0.05, 0.1) is 6.26 Å². The number of carbonyl (C=O) groups is 1.